The van der Waals surface area contributed by atoms with Crippen molar-refractivity contribution in [2.75, 3.05) is 13.6 Å². The molecule has 0 amide bonds. The van der Waals surface area contributed by atoms with E-state index in [1.807, 2.05) is 42.9 Å². The number of aliphatic imine (C=N–C) groups is 1. The van der Waals surface area contributed by atoms with Crippen LogP contribution in [0.5, 0.6) is 5.75 Å². The van der Waals surface area contributed by atoms with Crippen LogP contribution in [0, 0.1) is 6.92 Å². The first-order valence-corrected chi connectivity index (χ1v) is 7.73. The minimum Gasteiger partial charge on any atom is -0.489 e. The standard InChI is InChI=1S/C17H25N5O.HI/c1-13-6-5-7-16(10-13)23-14(2)11-19-17(18-3)20-12-15-8-9-21-22(15)4;/h5-10,14H,11-12H2,1-4H3,(H2,18,19,20);1H. The van der Waals surface area contributed by atoms with E-state index in [2.05, 4.69) is 33.7 Å². The van der Waals surface area contributed by atoms with E-state index < -0.39 is 0 Å². The van der Waals surface area contributed by atoms with Crippen LogP contribution < -0.4 is 15.4 Å². The van der Waals surface area contributed by atoms with Crippen LogP contribution in [0.25, 0.3) is 0 Å². The van der Waals surface area contributed by atoms with Gasteiger partial charge in [-0.2, -0.15) is 5.10 Å². The van der Waals surface area contributed by atoms with Crippen molar-refractivity contribution in [3.05, 3.63) is 47.8 Å². The molecular formula is C17H26IN5O. The second-order valence-electron chi connectivity index (χ2n) is 5.50. The first-order valence-electron chi connectivity index (χ1n) is 7.73. The summed E-state index contributed by atoms with van der Waals surface area (Å²) in [5.41, 5.74) is 2.29. The molecular weight excluding hydrogens is 417 g/mol. The molecule has 2 N–H and O–H groups in total. The van der Waals surface area contributed by atoms with E-state index in [4.69, 9.17) is 4.74 Å². The van der Waals surface area contributed by atoms with Gasteiger partial charge in [0.15, 0.2) is 5.96 Å². The normalized spacial score (nSPS) is 12.2. The maximum atomic E-state index is 5.90. The number of guanidine groups is 1. The van der Waals surface area contributed by atoms with Crippen molar-refractivity contribution in [3.63, 3.8) is 0 Å². The van der Waals surface area contributed by atoms with Crippen LogP contribution in [-0.4, -0.2) is 35.4 Å². The molecule has 7 heteroatoms. The van der Waals surface area contributed by atoms with Crippen LogP contribution in [0.2, 0.25) is 0 Å². The molecule has 0 aliphatic heterocycles. The van der Waals surface area contributed by atoms with E-state index in [1.165, 1.54) is 5.56 Å². The molecule has 6 nitrogen and oxygen atoms in total. The molecule has 2 aromatic rings. The summed E-state index contributed by atoms with van der Waals surface area (Å²) in [7, 11) is 3.68. The number of halogens is 1. The van der Waals surface area contributed by atoms with Gasteiger partial charge in [0, 0.05) is 20.3 Å². The van der Waals surface area contributed by atoms with Gasteiger partial charge < -0.3 is 15.4 Å². The number of nitrogens with zero attached hydrogens (tertiary/aromatic N) is 3. The summed E-state index contributed by atoms with van der Waals surface area (Å²) in [6.45, 7) is 5.42. The maximum absolute atomic E-state index is 5.90. The molecule has 1 heterocycles. The van der Waals surface area contributed by atoms with Gasteiger partial charge in [0.2, 0.25) is 0 Å². The number of benzene rings is 1. The van der Waals surface area contributed by atoms with Crippen molar-refractivity contribution in [3.8, 4) is 5.75 Å². The highest BCUT2D eigenvalue weighted by Gasteiger charge is 2.06. The molecule has 0 saturated heterocycles. The Bertz CT molecular complexity index is 656. The predicted octanol–water partition coefficient (Wildman–Crippen LogP) is 2.48. The molecule has 132 valence electrons. The van der Waals surface area contributed by atoms with Crippen molar-refractivity contribution in [2.24, 2.45) is 12.0 Å². The zero-order chi connectivity index (χ0) is 16.7. The Labute approximate surface area is 160 Å². The Hall–Kier alpha value is -1.77. The monoisotopic (exact) mass is 443 g/mol. The van der Waals surface area contributed by atoms with E-state index in [0.717, 1.165) is 17.4 Å². The maximum Gasteiger partial charge on any atom is 0.191 e. The smallest absolute Gasteiger partial charge is 0.191 e. The Balaban J connectivity index is 0.00000288. The third kappa shape index (κ3) is 6.38. The molecule has 0 spiro atoms. The Morgan fingerprint density at radius 1 is 1.33 bits per heavy atom. The molecule has 2 rings (SSSR count). The van der Waals surface area contributed by atoms with Crippen molar-refractivity contribution in [1.29, 1.82) is 0 Å². The summed E-state index contributed by atoms with van der Waals surface area (Å²) >= 11 is 0. The van der Waals surface area contributed by atoms with Crippen molar-refractivity contribution >= 4 is 29.9 Å². The van der Waals surface area contributed by atoms with Gasteiger partial charge in [-0.15, -0.1) is 24.0 Å². The van der Waals surface area contributed by atoms with Gasteiger partial charge >= 0.3 is 0 Å². The fourth-order valence-corrected chi connectivity index (χ4v) is 2.17. The molecule has 0 fully saturated rings. The summed E-state index contributed by atoms with van der Waals surface area (Å²) in [5, 5.41) is 10.7. The lowest BCUT2D eigenvalue weighted by atomic mass is 10.2. The summed E-state index contributed by atoms with van der Waals surface area (Å²) in [6, 6.07) is 10.0. The number of nitrogens with one attached hydrogen (secondary N) is 2. The van der Waals surface area contributed by atoms with Gasteiger partial charge in [-0.05, 0) is 37.6 Å². The highest BCUT2D eigenvalue weighted by Crippen LogP contribution is 2.13. The van der Waals surface area contributed by atoms with Gasteiger partial charge in [0.05, 0.1) is 18.8 Å². The van der Waals surface area contributed by atoms with Crippen LogP contribution in [0.1, 0.15) is 18.2 Å². The zero-order valence-electron chi connectivity index (χ0n) is 14.6. The van der Waals surface area contributed by atoms with Crippen LogP contribution in [0.15, 0.2) is 41.5 Å². The lowest BCUT2D eigenvalue weighted by Crippen LogP contribution is -2.41. The van der Waals surface area contributed by atoms with E-state index in [9.17, 15) is 0 Å². The highest BCUT2D eigenvalue weighted by atomic mass is 127. The Morgan fingerprint density at radius 3 is 2.75 bits per heavy atom. The average molecular weight is 443 g/mol. The van der Waals surface area contributed by atoms with E-state index in [1.54, 1.807) is 13.2 Å². The Morgan fingerprint density at radius 2 is 2.12 bits per heavy atom. The fraction of sp³-hybridized carbons (Fsp3) is 0.412. The number of aryl methyl sites for hydroxylation is 2. The van der Waals surface area contributed by atoms with Gasteiger partial charge in [-0.1, -0.05) is 12.1 Å². The Kier molecular flexibility index (Phi) is 8.59. The number of hydrogen-bond acceptors (Lipinski definition) is 3. The van der Waals surface area contributed by atoms with Gasteiger partial charge in [0.1, 0.15) is 11.9 Å². The van der Waals surface area contributed by atoms with Crippen LogP contribution in [0.3, 0.4) is 0 Å². The quantitative estimate of drug-likeness (QED) is 0.409. The van der Waals surface area contributed by atoms with E-state index in [-0.39, 0.29) is 30.1 Å². The molecule has 0 bridgehead atoms. The van der Waals surface area contributed by atoms with Gasteiger partial charge in [0.25, 0.3) is 0 Å². The van der Waals surface area contributed by atoms with Crippen LogP contribution in [0.4, 0.5) is 0 Å². The SMILES string of the molecule is CN=C(NCc1ccnn1C)NCC(C)Oc1cccc(C)c1.I. The molecule has 1 atom stereocenters. The number of hydrogen-bond donors (Lipinski definition) is 2. The topological polar surface area (TPSA) is 63.5 Å². The van der Waals surface area contributed by atoms with Gasteiger partial charge in [-0.3, -0.25) is 9.67 Å². The first kappa shape index (κ1) is 20.3. The lowest BCUT2D eigenvalue weighted by molar-refractivity contribution is 0.223. The van der Waals surface area contributed by atoms with Crippen molar-refractivity contribution in [1.82, 2.24) is 20.4 Å². The zero-order valence-corrected chi connectivity index (χ0v) is 16.9. The molecule has 0 aliphatic rings. The van der Waals surface area contributed by atoms with Crippen LogP contribution in [-0.2, 0) is 13.6 Å². The van der Waals surface area contributed by atoms with Crippen molar-refractivity contribution in [2.45, 2.75) is 26.5 Å². The number of aromatic nitrogens is 2. The number of rotatable bonds is 6. The molecule has 0 radical (unpaired) electrons. The molecule has 0 aliphatic carbocycles. The first-order chi connectivity index (χ1) is 11.1. The summed E-state index contributed by atoms with van der Waals surface area (Å²) < 4.78 is 7.74. The van der Waals surface area contributed by atoms with Crippen LogP contribution >= 0.6 is 24.0 Å². The third-order valence-corrected chi connectivity index (χ3v) is 3.47. The average Bonchev–Trinajstić information content (AvgIpc) is 2.93. The lowest BCUT2D eigenvalue weighted by Gasteiger charge is -2.18. The predicted molar refractivity (Wildman–Crippen MR) is 108 cm³/mol. The second kappa shape index (κ2) is 10.2. The van der Waals surface area contributed by atoms with E-state index in [0.29, 0.717) is 13.1 Å². The molecule has 24 heavy (non-hydrogen) atoms. The molecule has 1 aromatic carbocycles. The second-order valence-corrected chi connectivity index (χ2v) is 5.50. The highest BCUT2D eigenvalue weighted by molar-refractivity contribution is 14.0. The summed E-state index contributed by atoms with van der Waals surface area (Å²) in [4.78, 5) is 4.22. The fourth-order valence-electron chi connectivity index (χ4n) is 2.17. The van der Waals surface area contributed by atoms with E-state index >= 15 is 0 Å². The molecule has 1 aromatic heterocycles. The van der Waals surface area contributed by atoms with Gasteiger partial charge in [-0.25, -0.2) is 0 Å². The minimum absolute atomic E-state index is 0. The number of ether oxygens (including phenoxy) is 1. The summed E-state index contributed by atoms with van der Waals surface area (Å²) in [6.07, 6.45) is 1.82. The largest absolute Gasteiger partial charge is 0.489 e. The van der Waals surface area contributed by atoms with Crippen molar-refractivity contribution < 1.29 is 4.74 Å². The summed E-state index contributed by atoms with van der Waals surface area (Å²) in [5.74, 6) is 1.63. The molecule has 1 unspecified atom stereocenters. The third-order valence-electron chi connectivity index (χ3n) is 3.47. The molecule has 0 saturated carbocycles. The minimum atomic E-state index is 0.